The lowest BCUT2D eigenvalue weighted by Crippen LogP contribution is -3.15. The third-order valence-electron chi connectivity index (χ3n) is 5.07. The second kappa shape index (κ2) is 10.7. The first kappa shape index (κ1) is 21.7. The quantitative estimate of drug-likeness (QED) is 0.672. The first-order valence-electron chi connectivity index (χ1n) is 9.99. The average molecular weight is 418 g/mol. The van der Waals surface area contributed by atoms with Crippen LogP contribution in [-0.4, -0.2) is 62.6 Å². The van der Waals surface area contributed by atoms with Crippen LogP contribution in [0.3, 0.4) is 0 Å². The van der Waals surface area contributed by atoms with Crippen molar-refractivity contribution < 1.29 is 28.0 Å². The second-order valence-corrected chi connectivity index (χ2v) is 7.21. The molecule has 0 aliphatic carbocycles. The van der Waals surface area contributed by atoms with Gasteiger partial charge in [0.25, 0.3) is 11.8 Å². The molecular formula is C22H26F2N3O3+. The van der Waals surface area contributed by atoms with Gasteiger partial charge in [0.1, 0.15) is 5.75 Å². The molecule has 0 spiro atoms. The number of hydrogen-bond acceptors (Lipinski definition) is 3. The zero-order valence-electron chi connectivity index (χ0n) is 16.7. The zero-order chi connectivity index (χ0) is 21.3. The normalized spacial score (nSPS) is 14.6. The average Bonchev–Trinajstić information content (AvgIpc) is 2.75. The van der Waals surface area contributed by atoms with Crippen LogP contribution >= 0.6 is 0 Å². The number of alkyl halides is 2. The summed E-state index contributed by atoms with van der Waals surface area (Å²) >= 11 is 0. The molecule has 1 heterocycles. The van der Waals surface area contributed by atoms with Gasteiger partial charge in [-0.2, -0.15) is 8.78 Å². The van der Waals surface area contributed by atoms with Gasteiger partial charge in [-0.1, -0.05) is 30.3 Å². The van der Waals surface area contributed by atoms with E-state index in [-0.39, 0.29) is 17.6 Å². The summed E-state index contributed by atoms with van der Waals surface area (Å²) in [5, 5.41) is 2.89. The fourth-order valence-electron chi connectivity index (χ4n) is 3.44. The Balaban J connectivity index is 1.34. The molecule has 6 nitrogen and oxygen atoms in total. The first-order chi connectivity index (χ1) is 14.5. The van der Waals surface area contributed by atoms with E-state index in [0.29, 0.717) is 38.2 Å². The maximum Gasteiger partial charge on any atom is 0.387 e. The molecule has 1 fully saturated rings. The Kier molecular flexibility index (Phi) is 7.73. The van der Waals surface area contributed by atoms with Crippen molar-refractivity contribution in [2.45, 2.75) is 13.0 Å². The highest BCUT2D eigenvalue weighted by Crippen LogP contribution is 2.15. The van der Waals surface area contributed by atoms with Crippen molar-refractivity contribution in [1.29, 1.82) is 0 Å². The van der Waals surface area contributed by atoms with Gasteiger partial charge in [-0.25, -0.2) is 0 Å². The number of benzene rings is 2. The van der Waals surface area contributed by atoms with Crippen molar-refractivity contribution in [1.82, 2.24) is 10.2 Å². The molecule has 1 aliphatic heterocycles. The van der Waals surface area contributed by atoms with Crippen molar-refractivity contribution in [3.05, 3.63) is 65.7 Å². The summed E-state index contributed by atoms with van der Waals surface area (Å²) in [6, 6.07) is 15.6. The van der Waals surface area contributed by atoms with Crippen molar-refractivity contribution in [2.75, 3.05) is 39.3 Å². The topological polar surface area (TPSA) is 63.1 Å². The predicted molar refractivity (Wildman–Crippen MR) is 108 cm³/mol. The molecule has 0 aromatic heterocycles. The molecule has 2 amide bonds. The van der Waals surface area contributed by atoms with Crippen LogP contribution in [0.25, 0.3) is 0 Å². The van der Waals surface area contributed by atoms with Crippen LogP contribution in [0.1, 0.15) is 15.9 Å². The third-order valence-corrected chi connectivity index (χ3v) is 5.07. The summed E-state index contributed by atoms with van der Waals surface area (Å²) < 4.78 is 28.6. The van der Waals surface area contributed by atoms with Gasteiger partial charge >= 0.3 is 6.61 Å². The Morgan fingerprint density at radius 3 is 2.33 bits per heavy atom. The van der Waals surface area contributed by atoms with Crippen LogP contribution in [0.5, 0.6) is 5.75 Å². The zero-order valence-corrected chi connectivity index (χ0v) is 16.7. The second-order valence-electron chi connectivity index (χ2n) is 7.21. The smallest absolute Gasteiger partial charge is 0.387 e. The minimum atomic E-state index is -2.84. The predicted octanol–water partition coefficient (Wildman–Crippen LogP) is 0.988. The number of nitrogens with one attached hydrogen (secondary N) is 2. The number of carbonyl (C=O) groups is 2. The van der Waals surface area contributed by atoms with Gasteiger partial charge in [0.2, 0.25) is 0 Å². The molecule has 1 aliphatic rings. The minimum absolute atomic E-state index is 0.0315. The maximum atomic E-state index is 12.5. The molecule has 3 rings (SSSR count). The number of carbonyl (C=O) groups excluding carboxylic acids is 2. The molecule has 0 atom stereocenters. The standard InChI is InChI=1S/C22H25F2N3O3/c23-22(24)30-19-8-6-17(7-9-19)10-11-25-20(28)16-26-12-14-27(15-13-26)21(29)18-4-2-1-3-5-18/h1-9,22H,10-16H2,(H,25,28)/p+1. The molecule has 0 bridgehead atoms. The molecule has 2 N–H and O–H groups in total. The molecule has 2 aromatic rings. The Bertz CT molecular complexity index is 823. The van der Waals surface area contributed by atoms with Crippen molar-refractivity contribution >= 4 is 11.8 Å². The lowest BCUT2D eigenvalue weighted by atomic mass is 10.1. The Hall–Kier alpha value is -3.00. The largest absolute Gasteiger partial charge is 0.435 e. The number of ether oxygens (including phenoxy) is 1. The van der Waals surface area contributed by atoms with Crippen LogP contribution in [-0.2, 0) is 11.2 Å². The Morgan fingerprint density at radius 1 is 1.03 bits per heavy atom. The van der Waals surface area contributed by atoms with E-state index in [9.17, 15) is 18.4 Å². The number of hydrogen-bond donors (Lipinski definition) is 2. The van der Waals surface area contributed by atoms with Crippen LogP contribution in [0.2, 0.25) is 0 Å². The van der Waals surface area contributed by atoms with E-state index in [1.165, 1.54) is 12.1 Å². The summed E-state index contributed by atoms with van der Waals surface area (Å²) in [4.78, 5) is 27.7. The van der Waals surface area contributed by atoms with E-state index < -0.39 is 6.61 Å². The van der Waals surface area contributed by atoms with Crippen LogP contribution < -0.4 is 15.0 Å². The fourth-order valence-corrected chi connectivity index (χ4v) is 3.44. The lowest BCUT2D eigenvalue weighted by molar-refractivity contribution is -0.896. The number of piperazine rings is 1. The van der Waals surface area contributed by atoms with E-state index in [0.717, 1.165) is 23.6 Å². The van der Waals surface area contributed by atoms with Gasteiger partial charge in [0.05, 0.1) is 26.2 Å². The Morgan fingerprint density at radius 2 is 1.70 bits per heavy atom. The van der Waals surface area contributed by atoms with Gasteiger partial charge in [-0.3, -0.25) is 9.59 Å². The van der Waals surface area contributed by atoms with Crippen LogP contribution in [0, 0.1) is 0 Å². The molecule has 1 saturated heterocycles. The Labute approximate surface area is 174 Å². The van der Waals surface area contributed by atoms with Gasteiger partial charge < -0.3 is 19.9 Å². The lowest BCUT2D eigenvalue weighted by Gasteiger charge is -2.32. The SMILES string of the molecule is O=C(C[NH+]1CCN(C(=O)c2ccccc2)CC1)NCCc1ccc(OC(F)F)cc1. The molecule has 30 heavy (non-hydrogen) atoms. The summed E-state index contributed by atoms with van der Waals surface area (Å²) in [6.45, 7) is 0.729. The summed E-state index contributed by atoms with van der Waals surface area (Å²) in [6.07, 6.45) is 0.607. The highest BCUT2D eigenvalue weighted by molar-refractivity contribution is 5.94. The van der Waals surface area contributed by atoms with E-state index in [1.54, 1.807) is 12.1 Å². The van der Waals surface area contributed by atoms with Gasteiger partial charge in [-0.15, -0.1) is 0 Å². The maximum absolute atomic E-state index is 12.5. The van der Waals surface area contributed by atoms with E-state index in [1.807, 2.05) is 35.2 Å². The van der Waals surface area contributed by atoms with E-state index in [4.69, 9.17) is 0 Å². The van der Waals surface area contributed by atoms with Crippen molar-refractivity contribution in [3.63, 3.8) is 0 Å². The fraction of sp³-hybridized carbons (Fsp3) is 0.364. The monoisotopic (exact) mass is 418 g/mol. The molecule has 0 unspecified atom stereocenters. The van der Waals surface area contributed by atoms with Crippen LogP contribution in [0.4, 0.5) is 8.78 Å². The number of nitrogens with zero attached hydrogens (tertiary/aromatic N) is 1. The van der Waals surface area contributed by atoms with Crippen molar-refractivity contribution in [3.8, 4) is 5.75 Å². The summed E-state index contributed by atoms with van der Waals surface area (Å²) in [5.74, 6) is 0.112. The van der Waals surface area contributed by atoms with Gasteiger partial charge in [0, 0.05) is 12.1 Å². The highest BCUT2D eigenvalue weighted by Gasteiger charge is 2.25. The molecule has 2 aromatic carbocycles. The first-order valence-corrected chi connectivity index (χ1v) is 9.99. The molecular weight excluding hydrogens is 392 g/mol. The van der Waals surface area contributed by atoms with Crippen LogP contribution in [0.15, 0.2) is 54.6 Å². The summed E-state index contributed by atoms with van der Waals surface area (Å²) in [7, 11) is 0. The highest BCUT2D eigenvalue weighted by atomic mass is 19.3. The summed E-state index contributed by atoms with van der Waals surface area (Å²) in [5.41, 5.74) is 1.62. The number of rotatable bonds is 8. The molecule has 0 radical (unpaired) electrons. The number of quaternary nitrogens is 1. The number of halogens is 2. The van der Waals surface area contributed by atoms with Gasteiger partial charge in [-0.05, 0) is 36.2 Å². The molecule has 0 saturated carbocycles. The van der Waals surface area contributed by atoms with Crippen molar-refractivity contribution in [2.24, 2.45) is 0 Å². The number of amides is 2. The third kappa shape index (κ3) is 6.52. The van der Waals surface area contributed by atoms with Gasteiger partial charge in [0.15, 0.2) is 6.54 Å². The minimum Gasteiger partial charge on any atom is -0.435 e. The molecule has 8 heteroatoms. The van der Waals surface area contributed by atoms with E-state index >= 15 is 0 Å². The molecule has 160 valence electrons. The van der Waals surface area contributed by atoms with E-state index in [2.05, 4.69) is 10.1 Å².